The van der Waals surface area contributed by atoms with Crippen molar-refractivity contribution in [2.75, 3.05) is 11.5 Å². The van der Waals surface area contributed by atoms with Crippen LogP contribution in [0.3, 0.4) is 0 Å². The van der Waals surface area contributed by atoms with E-state index in [9.17, 15) is 4.79 Å². The summed E-state index contributed by atoms with van der Waals surface area (Å²) in [6.45, 7) is 0. The van der Waals surface area contributed by atoms with Gasteiger partial charge in [-0.15, -0.1) is 0 Å². The zero-order chi connectivity index (χ0) is 11.0. The van der Waals surface area contributed by atoms with Crippen molar-refractivity contribution < 1.29 is 4.79 Å². The summed E-state index contributed by atoms with van der Waals surface area (Å²) in [6, 6.07) is 8.19. The average molecular weight is 231 g/mol. The Morgan fingerprint density at radius 1 is 1.31 bits per heavy atom. The fourth-order valence-corrected chi connectivity index (χ4v) is 3.40. The number of ketones is 1. The van der Waals surface area contributed by atoms with Crippen LogP contribution in [0, 0.1) is 0 Å². The van der Waals surface area contributed by atoms with Crippen LogP contribution in [0.4, 0.5) is 0 Å². The van der Waals surface area contributed by atoms with Crippen LogP contribution in [0.25, 0.3) is 10.9 Å². The predicted octanol–water partition coefficient (Wildman–Crippen LogP) is 2.96. The van der Waals surface area contributed by atoms with Crippen LogP contribution < -0.4 is 0 Å². The fraction of sp³-hybridized carbons (Fsp3) is 0.308. The smallest absolute Gasteiger partial charge is 0.142 e. The number of benzene rings is 1. The lowest BCUT2D eigenvalue weighted by molar-refractivity contribution is -0.119. The molecule has 2 heterocycles. The molecule has 2 aromatic rings. The van der Waals surface area contributed by atoms with Gasteiger partial charge in [0.1, 0.15) is 5.78 Å². The number of thioether (sulfide) groups is 1. The Bertz CT molecular complexity index is 531. The van der Waals surface area contributed by atoms with Gasteiger partial charge < -0.3 is 4.98 Å². The van der Waals surface area contributed by atoms with Crippen LogP contribution >= 0.6 is 11.8 Å². The fourth-order valence-electron chi connectivity index (χ4n) is 2.29. The highest BCUT2D eigenvalue weighted by Crippen LogP contribution is 2.32. The van der Waals surface area contributed by atoms with E-state index in [2.05, 4.69) is 17.1 Å². The Morgan fingerprint density at radius 3 is 3.06 bits per heavy atom. The van der Waals surface area contributed by atoms with Crippen LogP contribution in [0.15, 0.2) is 30.5 Å². The third-order valence-corrected chi connectivity index (χ3v) is 4.22. The first-order valence-electron chi connectivity index (χ1n) is 5.53. The molecule has 1 aliphatic heterocycles. The molecule has 1 aromatic heterocycles. The van der Waals surface area contributed by atoms with E-state index in [0.29, 0.717) is 5.78 Å². The second-order valence-electron chi connectivity index (χ2n) is 4.13. The summed E-state index contributed by atoms with van der Waals surface area (Å²) >= 11 is 1.88. The largest absolute Gasteiger partial charge is 0.361 e. The summed E-state index contributed by atoms with van der Waals surface area (Å²) < 4.78 is 0. The van der Waals surface area contributed by atoms with E-state index in [1.807, 2.05) is 30.1 Å². The molecule has 1 saturated heterocycles. The highest BCUT2D eigenvalue weighted by molar-refractivity contribution is 7.99. The second kappa shape index (κ2) is 3.98. The van der Waals surface area contributed by atoms with Gasteiger partial charge in [-0.3, -0.25) is 4.79 Å². The highest BCUT2D eigenvalue weighted by atomic mass is 32.2. The molecule has 0 radical (unpaired) electrons. The maximum Gasteiger partial charge on any atom is 0.142 e. The minimum absolute atomic E-state index is 0.0925. The van der Waals surface area contributed by atoms with Gasteiger partial charge in [-0.1, -0.05) is 18.2 Å². The van der Waals surface area contributed by atoms with Gasteiger partial charge in [0.2, 0.25) is 0 Å². The first kappa shape index (κ1) is 9.97. The Balaban J connectivity index is 2.08. The van der Waals surface area contributed by atoms with Gasteiger partial charge in [0.05, 0.1) is 5.92 Å². The molecule has 0 amide bonds. The Labute approximate surface area is 98.4 Å². The molecule has 0 spiro atoms. The second-order valence-corrected chi connectivity index (χ2v) is 5.28. The van der Waals surface area contributed by atoms with Crippen molar-refractivity contribution >= 4 is 28.4 Å². The number of hydrogen-bond acceptors (Lipinski definition) is 2. The van der Waals surface area contributed by atoms with Crippen molar-refractivity contribution in [3.05, 3.63) is 36.0 Å². The Morgan fingerprint density at radius 2 is 2.19 bits per heavy atom. The summed E-state index contributed by atoms with van der Waals surface area (Å²) in [5, 5.41) is 1.20. The molecule has 16 heavy (non-hydrogen) atoms. The van der Waals surface area contributed by atoms with Crippen LogP contribution in [0.5, 0.6) is 0 Å². The van der Waals surface area contributed by atoms with E-state index < -0.39 is 0 Å². The Hall–Kier alpha value is -1.22. The molecule has 0 bridgehead atoms. The third-order valence-electron chi connectivity index (χ3n) is 3.16. The number of carbonyl (C=O) groups is 1. The molecule has 3 rings (SSSR count). The number of hydrogen-bond donors (Lipinski definition) is 1. The van der Waals surface area contributed by atoms with Crippen molar-refractivity contribution in [3.63, 3.8) is 0 Å². The lowest BCUT2D eigenvalue weighted by Gasteiger charge is -2.19. The standard InChI is InChI=1S/C13H13NOS/c15-13-5-6-16-8-11(13)10-7-14-12-4-2-1-3-9(10)12/h1-4,7,11,14H,5-6,8H2. The third kappa shape index (κ3) is 1.55. The van der Waals surface area contributed by atoms with Crippen molar-refractivity contribution in [3.8, 4) is 0 Å². The zero-order valence-electron chi connectivity index (χ0n) is 8.90. The number of nitrogens with one attached hydrogen (secondary N) is 1. The van der Waals surface area contributed by atoms with Gasteiger partial charge in [0.25, 0.3) is 0 Å². The van der Waals surface area contributed by atoms with Gasteiger partial charge in [0, 0.05) is 35.0 Å². The molecule has 0 saturated carbocycles. The number of aromatic nitrogens is 1. The molecule has 0 aliphatic carbocycles. The number of fused-ring (bicyclic) bond motifs is 1. The van der Waals surface area contributed by atoms with E-state index in [1.54, 1.807) is 0 Å². The molecule has 2 nitrogen and oxygen atoms in total. The summed E-state index contributed by atoms with van der Waals surface area (Å²) in [4.78, 5) is 15.2. The number of para-hydroxylation sites is 1. The zero-order valence-corrected chi connectivity index (χ0v) is 9.72. The summed E-state index contributed by atoms with van der Waals surface area (Å²) in [5.74, 6) is 2.40. The number of rotatable bonds is 1. The maximum atomic E-state index is 11.9. The molecule has 1 aliphatic rings. The molecule has 1 unspecified atom stereocenters. The van der Waals surface area contributed by atoms with Crippen LogP contribution in [-0.2, 0) is 4.79 Å². The molecule has 3 heteroatoms. The molecule has 1 fully saturated rings. The summed E-state index contributed by atoms with van der Waals surface area (Å²) in [6.07, 6.45) is 2.72. The van der Waals surface area contributed by atoms with E-state index in [4.69, 9.17) is 0 Å². The summed E-state index contributed by atoms with van der Waals surface area (Å²) in [7, 11) is 0. The molecular weight excluding hydrogens is 218 g/mol. The summed E-state index contributed by atoms with van der Waals surface area (Å²) in [5.41, 5.74) is 2.30. The number of Topliss-reactive ketones (excluding diaryl/α,β-unsaturated/α-hetero) is 1. The molecule has 1 aromatic carbocycles. The van der Waals surface area contributed by atoms with Gasteiger partial charge in [-0.2, -0.15) is 11.8 Å². The van der Waals surface area contributed by atoms with Crippen LogP contribution in [0.1, 0.15) is 17.9 Å². The van der Waals surface area contributed by atoms with Gasteiger partial charge in [0.15, 0.2) is 0 Å². The number of carbonyl (C=O) groups excluding carboxylic acids is 1. The van der Waals surface area contributed by atoms with E-state index in [0.717, 1.165) is 23.4 Å². The average Bonchev–Trinajstić information content (AvgIpc) is 2.74. The Kier molecular flexibility index (Phi) is 2.48. The molecular formula is C13H13NOS. The van der Waals surface area contributed by atoms with Gasteiger partial charge in [-0.05, 0) is 11.6 Å². The monoisotopic (exact) mass is 231 g/mol. The van der Waals surface area contributed by atoms with Crippen molar-refractivity contribution in [2.45, 2.75) is 12.3 Å². The van der Waals surface area contributed by atoms with E-state index >= 15 is 0 Å². The topological polar surface area (TPSA) is 32.9 Å². The SMILES string of the molecule is O=C1CCSCC1c1c[nH]c2ccccc12. The lowest BCUT2D eigenvalue weighted by atomic mass is 9.94. The van der Waals surface area contributed by atoms with Crippen LogP contribution in [0.2, 0.25) is 0 Å². The molecule has 82 valence electrons. The predicted molar refractivity (Wildman–Crippen MR) is 68.0 cm³/mol. The maximum absolute atomic E-state index is 11.9. The van der Waals surface area contributed by atoms with E-state index in [1.165, 1.54) is 10.9 Å². The molecule has 1 N–H and O–H groups in total. The lowest BCUT2D eigenvalue weighted by Crippen LogP contribution is -2.20. The normalized spacial score (nSPS) is 21.5. The van der Waals surface area contributed by atoms with Crippen molar-refractivity contribution in [1.82, 2.24) is 4.98 Å². The first-order chi connectivity index (χ1) is 7.86. The number of H-pyrrole nitrogens is 1. The quantitative estimate of drug-likeness (QED) is 0.818. The van der Waals surface area contributed by atoms with Gasteiger partial charge >= 0.3 is 0 Å². The minimum Gasteiger partial charge on any atom is -0.361 e. The van der Waals surface area contributed by atoms with Gasteiger partial charge in [-0.25, -0.2) is 0 Å². The van der Waals surface area contributed by atoms with E-state index in [-0.39, 0.29) is 5.92 Å². The highest BCUT2D eigenvalue weighted by Gasteiger charge is 2.26. The van der Waals surface area contributed by atoms with Crippen molar-refractivity contribution in [1.29, 1.82) is 0 Å². The molecule has 1 atom stereocenters. The van der Waals surface area contributed by atoms with Crippen LogP contribution in [-0.4, -0.2) is 22.3 Å². The van der Waals surface area contributed by atoms with Crippen molar-refractivity contribution in [2.24, 2.45) is 0 Å². The first-order valence-corrected chi connectivity index (χ1v) is 6.68. The minimum atomic E-state index is 0.0925. The number of aromatic amines is 1.